The maximum Gasteiger partial charge on any atom is 0.266 e. The highest BCUT2D eigenvalue weighted by atomic mass is 127. The second-order valence-electron chi connectivity index (χ2n) is 7.07. The molecule has 7 nitrogen and oxygen atoms in total. The Balaban J connectivity index is 1.45. The molecule has 0 bridgehead atoms. The van der Waals surface area contributed by atoms with Gasteiger partial charge in [-0.3, -0.25) is 13.7 Å². The number of thioether (sulfide) groups is 1. The number of para-hydroxylation sites is 1. The fraction of sp³-hybridized carbons (Fsp3) is 0.0455. The van der Waals surface area contributed by atoms with Gasteiger partial charge < -0.3 is 0 Å². The zero-order valence-corrected chi connectivity index (χ0v) is 20.1. The Kier molecular flexibility index (Phi) is 4.92. The van der Waals surface area contributed by atoms with Gasteiger partial charge in [-0.1, -0.05) is 30.0 Å². The van der Waals surface area contributed by atoms with Gasteiger partial charge in [-0.25, -0.2) is 15.0 Å². The van der Waals surface area contributed by atoms with E-state index in [1.54, 1.807) is 4.57 Å². The molecule has 0 aliphatic rings. The van der Waals surface area contributed by atoms with Crippen LogP contribution >= 0.6 is 46.1 Å². The van der Waals surface area contributed by atoms with Crippen molar-refractivity contribution < 1.29 is 0 Å². The van der Waals surface area contributed by atoms with Crippen LogP contribution in [0.25, 0.3) is 38.7 Å². The lowest BCUT2D eigenvalue weighted by atomic mass is 10.2. The molecule has 0 atom stereocenters. The van der Waals surface area contributed by atoms with Gasteiger partial charge >= 0.3 is 0 Å². The van der Waals surface area contributed by atoms with E-state index in [0.29, 0.717) is 27.6 Å². The van der Waals surface area contributed by atoms with E-state index in [-0.39, 0.29) is 5.56 Å². The van der Waals surface area contributed by atoms with Gasteiger partial charge in [0.1, 0.15) is 16.9 Å². The summed E-state index contributed by atoms with van der Waals surface area (Å²) in [7, 11) is 0. The molecule has 3 aromatic heterocycles. The quantitative estimate of drug-likeness (QED) is 0.234. The van der Waals surface area contributed by atoms with Crippen molar-refractivity contribution in [3.63, 3.8) is 0 Å². The largest absolute Gasteiger partial charge is 0.293 e. The average molecular weight is 568 g/mol. The van der Waals surface area contributed by atoms with Gasteiger partial charge in [-0.2, -0.15) is 4.37 Å². The van der Waals surface area contributed by atoms with Crippen molar-refractivity contribution in [2.24, 2.45) is 0 Å². The molecule has 6 rings (SSSR count). The van der Waals surface area contributed by atoms with Crippen LogP contribution < -0.4 is 5.56 Å². The number of imidazole rings is 1. The molecule has 0 aliphatic carbocycles. The predicted octanol–water partition coefficient (Wildman–Crippen LogP) is 5.16. The number of H-pyrrole nitrogens is 1. The van der Waals surface area contributed by atoms with E-state index < -0.39 is 0 Å². The van der Waals surface area contributed by atoms with Crippen LogP contribution in [0.3, 0.4) is 0 Å². The Morgan fingerprint density at radius 1 is 0.969 bits per heavy atom. The van der Waals surface area contributed by atoms with Crippen molar-refractivity contribution in [3.8, 4) is 5.69 Å². The third-order valence-corrected chi connectivity index (χ3v) is 7.19. The first-order valence-corrected chi connectivity index (χ1v) is 12.5. The van der Waals surface area contributed by atoms with Crippen LogP contribution in [0.4, 0.5) is 0 Å². The summed E-state index contributed by atoms with van der Waals surface area (Å²) in [5.41, 5.74) is 4.75. The van der Waals surface area contributed by atoms with Crippen LogP contribution in [0, 0.1) is 3.57 Å². The van der Waals surface area contributed by atoms with Crippen LogP contribution in [0.2, 0.25) is 0 Å². The van der Waals surface area contributed by atoms with Crippen molar-refractivity contribution in [1.29, 1.82) is 0 Å². The molecule has 0 saturated heterocycles. The van der Waals surface area contributed by atoms with Crippen molar-refractivity contribution in [3.05, 3.63) is 80.4 Å². The highest BCUT2D eigenvalue weighted by Crippen LogP contribution is 2.27. The van der Waals surface area contributed by atoms with Gasteiger partial charge in [0, 0.05) is 15.3 Å². The van der Waals surface area contributed by atoms with Crippen molar-refractivity contribution in [1.82, 2.24) is 28.3 Å². The summed E-state index contributed by atoms with van der Waals surface area (Å²) >= 11 is 4.96. The minimum absolute atomic E-state index is 0.0800. The van der Waals surface area contributed by atoms with Gasteiger partial charge in [0.05, 0.1) is 33.4 Å². The summed E-state index contributed by atoms with van der Waals surface area (Å²) in [6.45, 7) is 0. The second-order valence-corrected chi connectivity index (χ2v) is 9.83. The molecule has 3 aromatic carbocycles. The first-order chi connectivity index (χ1) is 15.7. The summed E-state index contributed by atoms with van der Waals surface area (Å²) in [6, 6.07) is 19.2. The number of aromatic amines is 1. The molecule has 156 valence electrons. The Hall–Kier alpha value is -2.83. The van der Waals surface area contributed by atoms with E-state index >= 15 is 0 Å². The average Bonchev–Trinajstić information content (AvgIpc) is 3.45. The van der Waals surface area contributed by atoms with Crippen LogP contribution in [-0.4, -0.2) is 28.3 Å². The molecule has 0 amide bonds. The topological polar surface area (TPSA) is 89.3 Å². The lowest BCUT2D eigenvalue weighted by Gasteiger charge is -2.13. The third kappa shape index (κ3) is 3.38. The number of fused-ring (bicyclic) bond motifs is 4. The molecule has 0 fully saturated rings. The van der Waals surface area contributed by atoms with Crippen LogP contribution in [0.15, 0.2) is 70.6 Å². The number of aromatic nitrogens is 6. The number of rotatable bonds is 4. The number of hydrogen-bond acceptors (Lipinski definition) is 7. The van der Waals surface area contributed by atoms with Gasteiger partial charge in [-0.15, -0.1) is 0 Å². The molecule has 0 spiro atoms. The molecule has 10 heteroatoms. The number of benzene rings is 3. The fourth-order valence-corrected chi connectivity index (χ4v) is 5.47. The molecular formula is C22H13IN6OS2. The van der Waals surface area contributed by atoms with Crippen molar-refractivity contribution >= 4 is 79.1 Å². The summed E-state index contributed by atoms with van der Waals surface area (Å²) < 4.78 is 10.2. The number of nitrogens with one attached hydrogen (secondary N) is 1. The molecule has 0 saturated carbocycles. The highest BCUT2D eigenvalue weighted by molar-refractivity contribution is 14.1. The zero-order chi connectivity index (χ0) is 21.7. The van der Waals surface area contributed by atoms with Gasteiger partial charge in [0.25, 0.3) is 5.56 Å². The maximum absolute atomic E-state index is 13.4. The fourth-order valence-electron chi connectivity index (χ4n) is 3.62. The summed E-state index contributed by atoms with van der Waals surface area (Å²) in [6.07, 6.45) is 0. The number of halogens is 1. The molecule has 0 unspecified atom stereocenters. The lowest BCUT2D eigenvalue weighted by Crippen LogP contribution is -2.23. The van der Waals surface area contributed by atoms with E-state index in [1.165, 1.54) is 23.5 Å². The Labute approximate surface area is 203 Å². The van der Waals surface area contributed by atoms with E-state index in [4.69, 9.17) is 4.98 Å². The third-order valence-electron chi connectivity index (χ3n) is 5.09. The van der Waals surface area contributed by atoms with Crippen molar-refractivity contribution in [2.45, 2.75) is 10.9 Å². The molecule has 3 heterocycles. The van der Waals surface area contributed by atoms with Gasteiger partial charge in [0.15, 0.2) is 5.16 Å². The van der Waals surface area contributed by atoms with E-state index in [2.05, 4.69) is 41.3 Å². The van der Waals surface area contributed by atoms with Crippen LogP contribution in [0.5, 0.6) is 0 Å². The van der Waals surface area contributed by atoms with Crippen LogP contribution in [0.1, 0.15) is 5.82 Å². The van der Waals surface area contributed by atoms with Crippen LogP contribution in [-0.2, 0) is 5.75 Å². The summed E-state index contributed by atoms with van der Waals surface area (Å²) in [5.74, 6) is 1.11. The normalized spacial score (nSPS) is 11.7. The monoisotopic (exact) mass is 568 g/mol. The smallest absolute Gasteiger partial charge is 0.266 e. The molecule has 6 aromatic rings. The number of nitrogens with zero attached hydrogens (tertiary/aromatic N) is 5. The lowest BCUT2D eigenvalue weighted by molar-refractivity contribution is 0.882. The van der Waals surface area contributed by atoms with Crippen molar-refractivity contribution in [2.75, 3.05) is 0 Å². The SMILES string of the molecule is O=c1c2cc(I)ccc2nc(CSc2nc3ccc4[nH]snc4c3n2)n1-c1ccccc1. The first kappa shape index (κ1) is 19.8. The van der Waals surface area contributed by atoms with Gasteiger partial charge in [0.2, 0.25) is 0 Å². The molecule has 32 heavy (non-hydrogen) atoms. The van der Waals surface area contributed by atoms with E-state index in [0.717, 1.165) is 31.3 Å². The predicted molar refractivity (Wildman–Crippen MR) is 137 cm³/mol. The molecule has 0 aliphatic heterocycles. The first-order valence-electron chi connectivity index (χ1n) is 9.67. The Bertz CT molecular complexity index is 1670. The van der Waals surface area contributed by atoms with E-state index in [1.807, 2.05) is 60.7 Å². The molecule has 1 N–H and O–H groups in total. The zero-order valence-electron chi connectivity index (χ0n) is 16.3. The second kappa shape index (κ2) is 7.94. The molecular weight excluding hydrogens is 555 g/mol. The highest BCUT2D eigenvalue weighted by Gasteiger charge is 2.16. The number of hydrogen-bond donors (Lipinski definition) is 1. The summed E-state index contributed by atoms with van der Waals surface area (Å²) in [4.78, 5) is 27.6. The minimum Gasteiger partial charge on any atom is -0.293 e. The van der Waals surface area contributed by atoms with Gasteiger partial charge in [-0.05, 0) is 65.1 Å². The molecule has 0 radical (unpaired) electrons. The summed E-state index contributed by atoms with van der Waals surface area (Å²) in [5, 5.41) is 1.24. The standard InChI is InChI=1S/C22H13IN6OS2/c23-12-6-7-15-14(10-12)21(30)29(13-4-2-1-3-5-13)18(24-15)11-31-22-25-16-8-9-17-20(19(16)26-22)28-32-27-17/h1-10,27H,11H2. The van der Waals surface area contributed by atoms with E-state index in [9.17, 15) is 4.79 Å². The minimum atomic E-state index is -0.0800. The maximum atomic E-state index is 13.4. The Morgan fingerprint density at radius 2 is 1.81 bits per heavy atom. The Morgan fingerprint density at radius 3 is 2.69 bits per heavy atom.